The summed E-state index contributed by atoms with van der Waals surface area (Å²) in [6, 6.07) is 3.06. The highest BCUT2D eigenvalue weighted by Gasteiger charge is 2.37. The van der Waals surface area contributed by atoms with E-state index in [-0.39, 0.29) is 74.0 Å². The number of H-pyrrole nitrogens is 2. The van der Waals surface area contributed by atoms with Crippen LogP contribution in [0.25, 0.3) is 10.9 Å². The molecule has 3 aromatic carbocycles. The number of guanidine groups is 1. The standard InChI is InChI=1S/C61H82N18O15S2/c1-31(2)50-60(94)75-43(21-33-11-15-37(83)16-12-33)54(88)72-41(8-5-18-68-61(64)65)53(87)67-19-17-49(84)71-45(26-80)57(91)74-44(22-34-24-69-40-7-4-3-6-38(34)40)56(90)76-46(27-81)58(92)77-47(51(63)85)28-95-96-29-48(59(93)79-50)78-55(89)42(20-32-9-13-36(82)14-10-32)73-52(86)39(62)23-35-25-66-30-70-35/h3-4,6-7,9-16,24-25,30-31,39,41-48,50,69,80-83H,5,8,17-23,26-29,62H2,1-2H3,(H2,63,85)(H,66,70)(H,67,87)(H,71,84)(H,72,88)(H,73,86)(H,74,91)(H,75,94)(H,76,90)(H,77,92)(H,78,89)(H,79,93)(H4,64,65,68)/t39-,41-,42-,43-,44-,45-,46-,47-,48-,50-/m0/s1. The molecule has 1 fully saturated rings. The number of aliphatic hydroxyl groups excluding tert-OH is 2. The van der Waals surface area contributed by atoms with Gasteiger partial charge >= 0.3 is 0 Å². The minimum atomic E-state index is -1.79. The summed E-state index contributed by atoms with van der Waals surface area (Å²) in [5.41, 5.74) is 25.7. The highest BCUT2D eigenvalue weighted by Crippen LogP contribution is 2.25. The SMILES string of the molecule is CC(C)[C@@H]1NC(=O)[C@@H](NC(=O)[C@H](Cc2ccc(O)cc2)NC(=O)[C@@H](N)Cc2cnc[nH]2)CSSC[C@@H](C(N)=O)NC(=O)[C@H](CO)NC(=O)[C@H](Cc2c[nH]c3ccccc23)NC(=O)[C@H](CO)NC(=O)CCNC(=O)[C@H](CCCN=C(N)N)NC(=O)[C@H](Cc2ccc(O)cc2)NC1=O. The summed E-state index contributed by atoms with van der Waals surface area (Å²) in [6.45, 7) is 0.698. The van der Waals surface area contributed by atoms with Crippen LogP contribution in [0.3, 0.4) is 0 Å². The molecule has 6 rings (SSSR count). The van der Waals surface area contributed by atoms with Gasteiger partial charge in [0.05, 0.1) is 25.6 Å². The summed E-state index contributed by atoms with van der Waals surface area (Å²) < 4.78 is 0. The Morgan fingerprint density at radius 3 is 1.89 bits per heavy atom. The van der Waals surface area contributed by atoms with Crippen molar-refractivity contribution in [3.8, 4) is 11.5 Å². The molecule has 3 heterocycles. The number of phenolic OH excluding ortho intramolecular Hbond substituents is 2. The van der Waals surface area contributed by atoms with Crippen molar-refractivity contribution in [1.29, 1.82) is 0 Å². The van der Waals surface area contributed by atoms with Crippen molar-refractivity contribution in [2.75, 3.05) is 37.8 Å². The predicted molar refractivity (Wildman–Crippen MR) is 354 cm³/mol. The predicted octanol–water partition coefficient (Wildman–Crippen LogP) is -4.66. The number of amides is 11. The fourth-order valence-electron chi connectivity index (χ4n) is 9.76. The molecule has 0 saturated carbocycles. The molecule has 518 valence electrons. The average molecular weight is 1370 g/mol. The number of aliphatic imine (C=N–C) groups is 1. The molecule has 10 atom stereocenters. The molecule has 11 amide bonds. The lowest BCUT2D eigenvalue weighted by atomic mass is 10.00. The maximum atomic E-state index is 14.9. The van der Waals surface area contributed by atoms with E-state index in [9.17, 15) is 73.2 Å². The zero-order chi connectivity index (χ0) is 70.0. The van der Waals surface area contributed by atoms with Gasteiger partial charge in [0, 0.05) is 85.7 Å². The van der Waals surface area contributed by atoms with Gasteiger partial charge in [-0.3, -0.25) is 57.7 Å². The first kappa shape index (κ1) is 75.1. The summed E-state index contributed by atoms with van der Waals surface area (Å²) >= 11 is 0. The van der Waals surface area contributed by atoms with Gasteiger partial charge in [-0.25, -0.2) is 4.98 Å². The number of nitrogens with zero attached hydrogens (tertiary/aromatic N) is 2. The van der Waals surface area contributed by atoms with Gasteiger partial charge in [-0.1, -0.05) is 77.9 Å². The van der Waals surface area contributed by atoms with Crippen LogP contribution < -0.4 is 76.1 Å². The number of benzene rings is 3. The number of hydrogen-bond acceptors (Lipinski definition) is 20. The third-order valence-electron chi connectivity index (χ3n) is 15.1. The first-order valence-corrected chi connectivity index (χ1v) is 33.0. The van der Waals surface area contributed by atoms with Crippen molar-refractivity contribution in [3.63, 3.8) is 0 Å². The lowest BCUT2D eigenvalue weighted by Gasteiger charge is -2.29. The molecule has 0 spiro atoms. The molecule has 0 aliphatic carbocycles. The fourth-order valence-corrected chi connectivity index (χ4v) is 12.1. The molecule has 1 aliphatic rings. The summed E-state index contributed by atoms with van der Waals surface area (Å²) in [4.78, 5) is 169. The number of aromatic nitrogens is 3. The molecule has 2 aromatic heterocycles. The largest absolute Gasteiger partial charge is 0.508 e. The Labute approximate surface area is 558 Å². The van der Waals surface area contributed by atoms with Gasteiger partial charge < -0.3 is 106 Å². The molecule has 35 heteroatoms. The van der Waals surface area contributed by atoms with Crippen LogP contribution in [0.4, 0.5) is 0 Å². The van der Waals surface area contributed by atoms with Gasteiger partial charge in [-0.2, -0.15) is 0 Å². The summed E-state index contributed by atoms with van der Waals surface area (Å²) in [6.07, 6.45) is 3.17. The van der Waals surface area contributed by atoms with Crippen molar-refractivity contribution >= 4 is 103 Å². The maximum Gasteiger partial charge on any atom is 0.245 e. The minimum absolute atomic E-state index is 0.00117. The Morgan fingerprint density at radius 2 is 1.25 bits per heavy atom. The van der Waals surface area contributed by atoms with Crippen LogP contribution in [0.15, 0.2) is 96.5 Å². The Balaban J connectivity index is 1.36. The second kappa shape index (κ2) is 37.2. The fraction of sp³-hybridized carbons (Fsp3) is 0.426. The number of rotatable bonds is 20. The zero-order valence-electron chi connectivity index (χ0n) is 52.5. The van der Waals surface area contributed by atoms with Crippen LogP contribution >= 0.6 is 21.6 Å². The van der Waals surface area contributed by atoms with Crippen LogP contribution in [0, 0.1) is 5.92 Å². The van der Waals surface area contributed by atoms with E-state index in [0.29, 0.717) is 33.3 Å². The number of imidazole rings is 1. The number of aromatic amines is 2. The van der Waals surface area contributed by atoms with E-state index in [4.69, 9.17) is 22.9 Å². The number of para-hydroxylation sites is 1. The molecule has 5 aromatic rings. The van der Waals surface area contributed by atoms with E-state index < -0.39 is 157 Å². The Kier molecular flexibility index (Phi) is 29.1. The Morgan fingerprint density at radius 1 is 0.656 bits per heavy atom. The molecule has 0 unspecified atom stereocenters. The number of phenols is 2. The van der Waals surface area contributed by atoms with Crippen molar-refractivity contribution in [2.24, 2.45) is 33.8 Å². The van der Waals surface area contributed by atoms with Gasteiger partial charge in [0.25, 0.3) is 0 Å². The van der Waals surface area contributed by atoms with E-state index in [1.807, 2.05) is 0 Å². The topological polar surface area (TPSA) is 550 Å². The van der Waals surface area contributed by atoms with Crippen molar-refractivity contribution < 1.29 is 73.2 Å². The van der Waals surface area contributed by atoms with E-state index in [2.05, 4.69) is 73.1 Å². The van der Waals surface area contributed by atoms with Crippen LogP contribution in [0.2, 0.25) is 0 Å². The number of aliphatic hydroxyl groups is 2. The number of primary amides is 1. The minimum Gasteiger partial charge on any atom is -0.508 e. The second-order valence-corrected chi connectivity index (χ2v) is 25.3. The van der Waals surface area contributed by atoms with E-state index in [1.54, 1.807) is 44.3 Å². The van der Waals surface area contributed by atoms with Crippen LogP contribution in [-0.4, -0.2) is 205 Å². The van der Waals surface area contributed by atoms with Crippen LogP contribution in [0.1, 0.15) is 55.5 Å². The molecule has 1 aliphatic heterocycles. The lowest BCUT2D eigenvalue weighted by molar-refractivity contribution is -0.135. The molecular formula is C61H82N18O15S2. The molecule has 24 N–H and O–H groups in total. The third-order valence-corrected chi connectivity index (χ3v) is 17.5. The quantitative estimate of drug-likeness (QED) is 0.0151. The van der Waals surface area contributed by atoms with Crippen molar-refractivity contribution in [2.45, 2.75) is 119 Å². The molecule has 0 bridgehead atoms. The number of carbonyl (C=O) groups excluding carboxylic acids is 11. The van der Waals surface area contributed by atoms with Gasteiger partial charge in [-0.05, 0) is 65.8 Å². The Bertz CT molecular complexity index is 3520. The molecule has 0 radical (unpaired) electrons. The third kappa shape index (κ3) is 23.5. The van der Waals surface area contributed by atoms with Gasteiger partial charge in [0.15, 0.2) is 5.96 Å². The smallest absolute Gasteiger partial charge is 0.245 e. The number of nitrogens with two attached hydrogens (primary N) is 4. The normalized spacial score (nSPS) is 21.9. The van der Waals surface area contributed by atoms with Gasteiger partial charge in [0.1, 0.15) is 65.9 Å². The van der Waals surface area contributed by atoms with E-state index in [1.165, 1.54) is 61.1 Å². The second-order valence-electron chi connectivity index (χ2n) is 22.8. The van der Waals surface area contributed by atoms with Crippen molar-refractivity contribution in [3.05, 3.63) is 114 Å². The van der Waals surface area contributed by atoms with Crippen LogP contribution in [-0.2, 0) is 78.4 Å². The van der Waals surface area contributed by atoms with Crippen molar-refractivity contribution in [1.82, 2.24) is 68.1 Å². The number of fused-ring (bicyclic) bond motifs is 1. The molecule has 33 nitrogen and oxygen atoms in total. The maximum absolute atomic E-state index is 14.9. The van der Waals surface area contributed by atoms with E-state index in [0.717, 1.165) is 21.6 Å². The van der Waals surface area contributed by atoms with E-state index >= 15 is 0 Å². The average Bonchev–Trinajstić information content (AvgIpc) is 1.59. The lowest BCUT2D eigenvalue weighted by Crippen LogP contribution is -2.61. The zero-order valence-corrected chi connectivity index (χ0v) is 54.1. The Hall–Kier alpha value is -9.97. The number of carbonyl (C=O) groups is 11. The first-order chi connectivity index (χ1) is 45.8. The number of nitrogens with one attached hydrogen (secondary N) is 12. The summed E-state index contributed by atoms with van der Waals surface area (Å²) in [5.74, 6) is -12.5. The first-order valence-electron chi connectivity index (χ1n) is 30.5. The summed E-state index contributed by atoms with van der Waals surface area (Å²) in [5, 5.41) is 67.3. The molecule has 1 saturated heterocycles. The molecule has 96 heavy (non-hydrogen) atoms. The van der Waals surface area contributed by atoms with Gasteiger partial charge in [-0.15, -0.1) is 0 Å². The highest BCUT2D eigenvalue weighted by atomic mass is 33.1. The highest BCUT2D eigenvalue weighted by molar-refractivity contribution is 8.76. The van der Waals surface area contributed by atoms with Gasteiger partial charge in [0.2, 0.25) is 65.0 Å². The molecular weight excluding hydrogens is 1290 g/mol. The monoisotopic (exact) mass is 1370 g/mol. The number of hydrogen-bond donors (Lipinski definition) is 20. The van der Waals surface area contributed by atoms with Crippen LogP contribution in [0.5, 0.6) is 11.5 Å². The summed E-state index contributed by atoms with van der Waals surface area (Å²) in [7, 11) is 1.75. The number of aromatic hydroxyl groups is 2.